The lowest BCUT2D eigenvalue weighted by Gasteiger charge is -2.34. The van der Waals surface area contributed by atoms with Crippen molar-refractivity contribution in [2.45, 2.75) is 24.5 Å². The fraction of sp³-hybridized carbons (Fsp3) is 0.217. The smallest absolute Gasteiger partial charge is 0.265 e. The number of hydrogen-bond acceptors (Lipinski definition) is 6. The van der Waals surface area contributed by atoms with E-state index in [2.05, 4.69) is 10.3 Å². The molecule has 12 heteroatoms. The molecule has 3 aromatic rings. The molecule has 4 rings (SSSR count). The molecular formula is C23H20Cl3N3O5S. The van der Waals surface area contributed by atoms with Gasteiger partial charge in [-0.3, -0.25) is 4.79 Å². The van der Waals surface area contributed by atoms with Crippen molar-refractivity contribution in [3.8, 4) is 11.6 Å². The number of hydrogen-bond donors (Lipinski definition) is 1. The summed E-state index contributed by atoms with van der Waals surface area (Å²) >= 11 is 18.5. The molecule has 0 bridgehead atoms. The van der Waals surface area contributed by atoms with Gasteiger partial charge in [0.2, 0.25) is 11.8 Å². The van der Waals surface area contributed by atoms with Gasteiger partial charge in [-0.1, -0.05) is 46.9 Å². The SMILES string of the molecule is CC(=O)NCC1CN(S(=O)(=O)c2cccc(Cl)c2)c2nc(OCc3c(Cl)cccc3Cl)ccc2O1. The first-order valence-corrected chi connectivity index (χ1v) is 13.0. The van der Waals surface area contributed by atoms with Crippen molar-refractivity contribution in [1.29, 1.82) is 0 Å². The van der Waals surface area contributed by atoms with Crippen LogP contribution in [0, 0.1) is 0 Å². The second-order valence-corrected chi connectivity index (χ2v) is 10.7. The lowest BCUT2D eigenvalue weighted by atomic mass is 10.2. The first kappa shape index (κ1) is 25.4. The van der Waals surface area contributed by atoms with Gasteiger partial charge in [-0.2, -0.15) is 4.98 Å². The Hall–Kier alpha value is -2.72. The van der Waals surface area contributed by atoms with Crippen molar-refractivity contribution in [2.75, 3.05) is 17.4 Å². The molecule has 0 saturated carbocycles. The van der Waals surface area contributed by atoms with Crippen LogP contribution in [0.15, 0.2) is 59.5 Å². The number of pyridine rings is 1. The van der Waals surface area contributed by atoms with Gasteiger partial charge in [0.1, 0.15) is 12.7 Å². The minimum absolute atomic E-state index is 0.00732. The molecule has 0 aliphatic carbocycles. The van der Waals surface area contributed by atoms with Crippen molar-refractivity contribution in [3.05, 3.63) is 75.2 Å². The standard InChI is InChI=1S/C23H20Cl3N3O5S/c1-14(30)27-11-16-12-29(35(31,32)17-5-2-4-15(24)10-17)23-21(34-16)8-9-22(28-23)33-13-18-19(25)6-3-7-20(18)26/h2-10,16H,11-13H2,1H3,(H,27,30). The van der Waals surface area contributed by atoms with Crippen molar-refractivity contribution >= 4 is 56.6 Å². The Labute approximate surface area is 217 Å². The van der Waals surface area contributed by atoms with Crippen LogP contribution >= 0.6 is 34.8 Å². The Kier molecular flexibility index (Phi) is 7.61. The number of halogens is 3. The van der Waals surface area contributed by atoms with Crippen LogP contribution in [0.2, 0.25) is 15.1 Å². The number of carbonyl (C=O) groups excluding carboxylic acids is 1. The molecule has 0 fully saturated rings. The second kappa shape index (κ2) is 10.5. The highest BCUT2D eigenvalue weighted by atomic mass is 35.5. The normalized spacial score (nSPS) is 15.2. The first-order valence-electron chi connectivity index (χ1n) is 10.4. The highest BCUT2D eigenvalue weighted by Gasteiger charge is 2.36. The number of anilines is 1. The zero-order valence-electron chi connectivity index (χ0n) is 18.4. The van der Waals surface area contributed by atoms with E-state index in [9.17, 15) is 13.2 Å². The van der Waals surface area contributed by atoms with Crippen LogP contribution in [0.3, 0.4) is 0 Å². The molecule has 1 unspecified atom stereocenters. The molecule has 1 atom stereocenters. The number of benzene rings is 2. The van der Waals surface area contributed by atoms with E-state index in [-0.39, 0.29) is 53.0 Å². The van der Waals surface area contributed by atoms with Crippen molar-refractivity contribution in [1.82, 2.24) is 10.3 Å². The maximum absolute atomic E-state index is 13.6. The Morgan fingerprint density at radius 1 is 1.14 bits per heavy atom. The lowest BCUT2D eigenvalue weighted by molar-refractivity contribution is -0.119. The molecule has 1 amide bonds. The van der Waals surface area contributed by atoms with Gasteiger partial charge < -0.3 is 14.8 Å². The molecule has 1 aliphatic rings. The van der Waals surface area contributed by atoms with Crippen molar-refractivity contribution < 1.29 is 22.7 Å². The summed E-state index contributed by atoms with van der Waals surface area (Å²) in [5.41, 5.74) is 0.574. The van der Waals surface area contributed by atoms with Crippen LogP contribution in [-0.2, 0) is 21.4 Å². The van der Waals surface area contributed by atoms with E-state index in [0.717, 1.165) is 4.31 Å². The summed E-state index contributed by atoms with van der Waals surface area (Å²) in [7, 11) is -4.07. The molecule has 35 heavy (non-hydrogen) atoms. The molecule has 1 N–H and O–H groups in total. The summed E-state index contributed by atoms with van der Waals surface area (Å²) in [6.45, 7) is 1.42. The number of sulfonamides is 1. The molecule has 184 valence electrons. The fourth-order valence-electron chi connectivity index (χ4n) is 3.40. The van der Waals surface area contributed by atoms with E-state index in [0.29, 0.717) is 15.6 Å². The average molecular weight is 557 g/mol. The van der Waals surface area contributed by atoms with Crippen LogP contribution < -0.4 is 19.1 Å². The van der Waals surface area contributed by atoms with Crippen molar-refractivity contribution in [3.63, 3.8) is 0 Å². The summed E-state index contributed by atoms with van der Waals surface area (Å²) < 4.78 is 40.0. The second-order valence-electron chi connectivity index (χ2n) is 7.63. The molecular weight excluding hydrogens is 537 g/mol. The van der Waals surface area contributed by atoms with Gasteiger partial charge in [0, 0.05) is 33.6 Å². The third-order valence-corrected chi connectivity index (χ3v) is 7.80. The lowest BCUT2D eigenvalue weighted by Crippen LogP contribution is -2.48. The maximum atomic E-state index is 13.6. The molecule has 2 aromatic carbocycles. The number of fused-ring (bicyclic) bond motifs is 1. The number of amides is 1. The molecule has 2 heterocycles. The van der Waals surface area contributed by atoms with Crippen LogP contribution in [0.5, 0.6) is 11.6 Å². The van der Waals surface area contributed by atoms with Gasteiger partial charge in [-0.15, -0.1) is 0 Å². The quantitative estimate of drug-likeness (QED) is 0.453. The number of aromatic nitrogens is 1. The average Bonchev–Trinajstić information content (AvgIpc) is 2.82. The van der Waals surface area contributed by atoms with Gasteiger partial charge in [0.15, 0.2) is 11.6 Å². The molecule has 1 aromatic heterocycles. The topological polar surface area (TPSA) is 97.8 Å². The summed E-state index contributed by atoms with van der Waals surface area (Å²) in [6.07, 6.45) is -0.643. The fourth-order valence-corrected chi connectivity index (χ4v) is 5.67. The predicted octanol–water partition coefficient (Wildman–Crippen LogP) is 4.71. The van der Waals surface area contributed by atoms with E-state index in [1.54, 1.807) is 42.5 Å². The van der Waals surface area contributed by atoms with Crippen LogP contribution in [0.25, 0.3) is 0 Å². The molecule has 0 radical (unpaired) electrons. The Bertz CT molecular complexity index is 1350. The van der Waals surface area contributed by atoms with Crippen LogP contribution in [-0.4, -0.2) is 38.5 Å². The van der Waals surface area contributed by atoms with Crippen LogP contribution in [0.4, 0.5) is 5.82 Å². The molecule has 8 nitrogen and oxygen atoms in total. The predicted molar refractivity (Wildman–Crippen MR) is 134 cm³/mol. The van der Waals surface area contributed by atoms with Gasteiger partial charge in [-0.25, -0.2) is 12.7 Å². The molecule has 0 spiro atoms. The Morgan fingerprint density at radius 2 is 1.86 bits per heavy atom. The van der Waals surface area contributed by atoms with E-state index < -0.39 is 16.1 Å². The first-order chi connectivity index (χ1) is 16.6. The molecule has 0 saturated heterocycles. The Morgan fingerprint density at radius 3 is 2.54 bits per heavy atom. The maximum Gasteiger partial charge on any atom is 0.265 e. The summed E-state index contributed by atoms with van der Waals surface area (Å²) in [6, 6.07) is 14.1. The minimum Gasteiger partial charge on any atom is -0.483 e. The van der Waals surface area contributed by atoms with Gasteiger partial charge in [-0.05, 0) is 36.4 Å². The largest absolute Gasteiger partial charge is 0.483 e. The van der Waals surface area contributed by atoms with Gasteiger partial charge in [0.25, 0.3) is 10.0 Å². The zero-order valence-corrected chi connectivity index (χ0v) is 21.5. The number of carbonyl (C=O) groups is 1. The highest BCUT2D eigenvalue weighted by molar-refractivity contribution is 7.92. The number of nitrogens with zero attached hydrogens (tertiary/aromatic N) is 2. The van der Waals surface area contributed by atoms with Gasteiger partial charge in [0.05, 0.1) is 18.0 Å². The summed E-state index contributed by atoms with van der Waals surface area (Å²) in [5.74, 6) is 0.158. The number of nitrogens with one attached hydrogen (secondary N) is 1. The van der Waals surface area contributed by atoms with E-state index in [1.165, 1.54) is 19.1 Å². The van der Waals surface area contributed by atoms with Crippen molar-refractivity contribution in [2.24, 2.45) is 0 Å². The third kappa shape index (κ3) is 5.75. The minimum atomic E-state index is -4.07. The summed E-state index contributed by atoms with van der Waals surface area (Å²) in [4.78, 5) is 15.8. The zero-order chi connectivity index (χ0) is 25.2. The van der Waals surface area contributed by atoms with Gasteiger partial charge >= 0.3 is 0 Å². The number of rotatable bonds is 7. The summed E-state index contributed by atoms with van der Waals surface area (Å²) in [5, 5.41) is 3.79. The molecule has 1 aliphatic heterocycles. The van der Waals surface area contributed by atoms with E-state index in [1.807, 2.05) is 0 Å². The highest BCUT2D eigenvalue weighted by Crippen LogP contribution is 2.37. The van der Waals surface area contributed by atoms with Crippen LogP contribution in [0.1, 0.15) is 12.5 Å². The van der Waals surface area contributed by atoms with E-state index in [4.69, 9.17) is 44.3 Å². The Balaban J connectivity index is 1.68. The monoisotopic (exact) mass is 555 g/mol. The van der Waals surface area contributed by atoms with E-state index >= 15 is 0 Å². The number of ether oxygens (including phenoxy) is 2. The third-order valence-electron chi connectivity index (χ3n) is 5.10.